The zero-order valence-electron chi connectivity index (χ0n) is 13.2. The van der Waals surface area contributed by atoms with E-state index in [1.807, 2.05) is 4.90 Å². The van der Waals surface area contributed by atoms with Crippen LogP contribution in [0.1, 0.15) is 13.3 Å². The summed E-state index contributed by atoms with van der Waals surface area (Å²) in [7, 11) is 5.40. The Bertz CT molecular complexity index is 413. The molecule has 1 aliphatic rings. The molecule has 7 heteroatoms. The van der Waals surface area contributed by atoms with Gasteiger partial charge in [0.1, 0.15) is 18.4 Å². The van der Waals surface area contributed by atoms with Crippen molar-refractivity contribution in [3.8, 4) is 0 Å². The second kappa shape index (κ2) is 8.41. The van der Waals surface area contributed by atoms with Crippen molar-refractivity contribution in [1.82, 2.24) is 4.90 Å². The zero-order valence-corrected chi connectivity index (χ0v) is 13.2. The maximum atomic E-state index is 10.7. The van der Waals surface area contributed by atoms with Crippen molar-refractivity contribution in [3.05, 3.63) is 12.7 Å². The van der Waals surface area contributed by atoms with E-state index in [1.54, 1.807) is 34.1 Å². The maximum absolute atomic E-state index is 10.7. The molecule has 0 aromatic rings. The van der Waals surface area contributed by atoms with E-state index in [0.717, 1.165) is 5.84 Å². The summed E-state index contributed by atoms with van der Waals surface area (Å²) in [5.41, 5.74) is 0. The number of amidine groups is 1. The van der Waals surface area contributed by atoms with E-state index in [2.05, 4.69) is 11.6 Å². The number of quaternary nitrogens is 1. The molecule has 0 amide bonds. The lowest BCUT2D eigenvalue weighted by atomic mass is 10.2. The molecule has 1 atom stereocenters. The quantitative estimate of drug-likeness (QED) is 0.511. The molecule has 120 valence electrons. The van der Waals surface area contributed by atoms with Crippen LogP contribution in [-0.2, 0) is 9.59 Å². The molecule has 1 aliphatic heterocycles. The maximum Gasteiger partial charge on any atom is 0.326 e. The van der Waals surface area contributed by atoms with Crippen LogP contribution in [0.4, 0.5) is 0 Å². The predicted molar refractivity (Wildman–Crippen MR) is 78.8 cm³/mol. The number of likely N-dealkylation sites (N-methyl/N-ethyl adjacent to an activating group) is 1. The van der Waals surface area contributed by atoms with Gasteiger partial charge in [0.25, 0.3) is 0 Å². The molecule has 1 N–H and O–H groups in total. The Morgan fingerprint density at radius 1 is 1.52 bits per heavy atom. The fraction of sp³-hybridized carbons (Fsp3) is 0.643. The number of carbonyl (C=O) groups is 2. The third kappa shape index (κ3) is 8.09. The van der Waals surface area contributed by atoms with Gasteiger partial charge >= 0.3 is 5.97 Å². The molecule has 1 rings (SSSR count). The summed E-state index contributed by atoms with van der Waals surface area (Å²) in [5, 5.41) is 18.7. The van der Waals surface area contributed by atoms with Crippen molar-refractivity contribution in [2.24, 2.45) is 4.99 Å². The van der Waals surface area contributed by atoms with E-state index < -0.39 is 18.0 Å². The fourth-order valence-corrected chi connectivity index (χ4v) is 1.76. The molecular weight excluding hydrogens is 274 g/mol. The molecular formula is C14H25N3O4. The Morgan fingerprint density at radius 3 is 2.43 bits per heavy atom. The summed E-state index contributed by atoms with van der Waals surface area (Å²) in [6, 6.07) is -0.485. The van der Waals surface area contributed by atoms with Crippen molar-refractivity contribution in [2.45, 2.75) is 19.4 Å². The molecule has 0 saturated carbocycles. The van der Waals surface area contributed by atoms with Gasteiger partial charge in [-0.1, -0.05) is 6.08 Å². The van der Waals surface area contributed by atoms with Crippen LogP contribution >= 0.6 is 0 Å². The monoisotopic (exact) mass is 299 g/mol. The number of carbonyl (C=O) groups excluding carboxylic acids is 1. The normalized spacial score (nSPS) is 15.6. The first-order valence-electron chi connectivity index (χ1n) is 6.72. The molecule has 0 spiro atoms. The Labute approximate surface area is 125 Å². The number of carboxylic acid groups (broad SMARTS) is 2. The van der Waals surface area contributed by atoms with Crippen molar-refractivity contribution in [2.75, 3.05) is 40.8 Å². The highest BCUT2D eigenvalue weighted by Crippen LogP contribution is 2.10. The summed E-state index contributed by atoms with van der Waals surface area (Å²) in [6.45, 7) is 6.75. The molecule has 7 nitrogen and oxygen atoms in total. The number of hydrogen-bond acceptors (Lipinski definition) is 5. The summed E-state index contributed by atoms with van der Waals surface area (Å²) in [5.74, 6) is -0.971. The number of aliphatic imine (C=N–C) groups is 1. The van der Waals surface area contributed by atoms with Crippen LogP contribution in [0.25, 0.3) is 0 Å². The average molecular weight is 299 g/mol. The van der Waals surface area contributed by atoms with Crippen molar-refractivity contribution in [3.63, 3.8) is 0 Å². The zero-order chi connectivity index (χ0) is 16.6. The minimum absolute atomic E-state index is 0.0694. The Kier molecular flexibility index (Phi) is 7.65. The molecule has 21 heavy (non-hydrogen) atoms. The highest BCUT2D eigenvalue weighted by molar-refractivity contribution is 5.89. The molecule has 0 aromatic carbocycles. The SMILES string of the molecule is C=CCC1=NCCN1C(C)C(=O)O.C[N+](C)(C)CC(=O)[O-]. The van der Waals surface area contributed by atoms with Gasteiger partial charge in [0.2, 0.25) is 0 Å². The second-order valence-corrected chi connectivity index (χ2v) is 5.82. The van der Waals surface area contributed by atoms with Crippen molar-refractivity contribution >= 4 is 17.8 Å². The number of rotatable bonds is 6. The second-order valence-electron chi connectivity index (χ2n) is 5.82. The highest BCUT2D eigenvalue weighted by Gasteiger charge is 2.25. The third-order valence-electron chi connectivity index (χ3n) is 2.72. The largest absolute Gasteiger partial charge is 0.544 e. The van der Waals surface area contributed by atoms with Gasteiger partial charge in [-0.05, 0) is 6.92 Å². The Morgan fingerprint density at radius 2 is 2.10 bits per heavy atom. The first kappa shape index (κ1) is 19.1. The van der Waals surface area contributed by atoms with E-state index >= 15 is 0 Å². The van der Waals surface area contributed by atoms with Crippen LogP contribution < -0.4 is 5.11 Å². The minimum Gasteiger partial charge on any atom is -0.544 e. The Hall–Kier alpha value is -1.89. The van der Waals surface area contributed by atoms with Crippen LogP contribution in [0, 0.1) is 0 Å². The van der Waals surface area contributed by atoms with E-state index in [0.29, 0.717) is 24.0 Å². The lowest BCUT2D eigenvalue weighted by Gasteiger charge is -2.23. The van der Waals surface area contributed by atoms with Gasteiger partial charge < -0.3 is 24.4 Å². The van der Waals surface area contributed by atoms with Gasteiger partial charge in [-0.25, -0.2) is 4.79 Å². The van der Waals surface area contributed by atoms with E-state index in [1.165, 1.54) is 0 Å². The number of aliphatic carboxylic acids is 2. The lowest BCUT2D eigenvalue weighted by molar-refractivity contribution is -0.864. The molecule has 1 heterocycles. The summed E-state index contributed by atoms with van der Waals surface area (Å²) >= 11 is 0. The molecule has 0 fully saturated rings. The average Bonchev–Trinajstić information content (AvgIpc) is 2.74. The van der Waals surface area contributed by atoms with Gasteiger partial charge in [-0.15, -0.1) is 6.58 Å². The van der Waals surface area contributed by atoms with Crippen LogP contribution in [-0.4, -0.2) is 79.1 Å². The standard InChI is InChI=1S/C9H14N2O2.C5H11NO2/c1-3-4-8-10-5-6-11(8)7(2)9(12)13;1-6(2,3)4-5(7)8/h3,7H,1,4-6H2,2H3,(H,12,13);4H2,1-3H3. The minimum atomic E-state index is -1.00. The van der Waals surface area contributed by atoms with Gasteiger partial charge in [-0.2, -0.15) is 0 Å². The fourth-order valence-electron chi connectivity index (χ4n) is 1.76. The van der Waals surface area contributed by atoms with Gasteiger partial charge in [0, 0.05) is 13.0 Å². The van der Waals surface area contributed by atoms with Crippen LogP contribution in [0.5, 0.6) is 0 Å². The molecule has 1 unspecified atom stereocenters. The first-order valence-corrected chi connectivity index (χ1v) is 6.72. The Balaban J connectivity index is 0.000000433. The van der Waals surface area contributed by atoms with Crippen molar-refractivity contribution < 1.29 is 24.3 Å². The van der Waals surface area contributed by atoms with Gasteiger partial charge in [0.15, 0.2) is 0 Å². The molecule has 0 bridgehead atoms. The van der Waals surface area contributed by atoms with Crippen LogP contribution in [0.3, 0.4) is 0 Å². The topological polar surface area (TPSA) is 93.0 Å². The van der Waals surface area contributed by atoms with Crippen LogP contribution in [0.2, 0.25) is 0 Å². The van der Waals surface area contributed by atoms with Crippen molar-refractivity contribution in [1.29, 1.82) is 0 Å². The molecule has 0 saturated heterocycles. The van der Waals surface area contributed by atoms with Crippen LogP contribution in [0.15, 0.2) is 17.6 Å². The number of carboxylic acids is 2. The lowest BCUT2D eigenvalue weighted by Crippen LogP contribution is -2.45. The third-order valence-corrected chi connectivity index (χ3v) is 2.72. The molecule has 0 aliphatic carbocycles. The first-order chi connectivity index (χ1) is 9.58. The number of nitrogens with zero attached hydrogens (tertiary/aromatic N) is 3. The van der Waals surface area contributed by atoms with Gasteiger partial charge in [0.05, 0.1) is 33.7 Å². The van der Waals surface area contributed by atoms with E-state index in [4.69, 9.17) is 5.11 Å². The highest BCUT2D eigenvalue weighted by atomic mass is 16.4. The number of hydrogen-bond donors (Lipinski definition) is 1. The smallest absolute Gasteiger partial charge is 0.326 e. The molecule has 0 aromatic heterocycles. The van der Waals surface area contributed by atoms with E-state index in [-0.39, 0.29) is 6.54 Å². The van der Waals surface area contributed by atoms with E-state index in [9.17, 15) is 14.7 Å². The predicted octanol–water partition coefficient (Wildman–Crippen LogP) is -0.808. The molecule has 0 radical (unpaired) electrons. The summed E-state index contributed by atoms with van der Waals surface area (Å²) in [4.78, 5) is 26.6. The summed E-state index contributed by atoms with van der Waals surface area (Å²) in [6.07, 6.45) is 2.39. The van der Waals surface area contributed by atoms with Gasteiger partial charge in [-0.3, -0.25) is 4.99 Å². The summed E-state index contributed by atoms with van der Waals surface area (Å²) < 4.78 is 0.419.